The topological polar surface area (TPSA) is 54.9 Å². The molecule has 1 N–H and O–H groups in total. The first kappa shape index (κ1) is 23.1. The molecule has 0 radical (unpaired) electrons. The van der Waals surface area contributed by atoms with Crippen LogP contribution in [0.2, 0.25) is 20.1 Å². The van der Waals surface area contributed by atoms with Crippen molar-refractivity contribution in [2.45, 2.75) is 0 Å². The number of amides is 1. The molecule has 0 atom stereocenters. The summed E-state index contributed by atoms with van der Waals surface area (Å²) >= 11 is 25.9. The van der Waals surface area contributed by atoms with E-state index in [1.165, 1.54) is 11.3 Å². The Morgan fingerprint density at radius 1 is 0.794 bits per heavy atom. The van der Waals surface area contributed by atoms with Crippen LogP contribution in [-0.2, 0) is 0 Å². The molecule has 0 saturated heterocycles. The third-order valence-electron chi connectivity index (χ3n) is 5.11. The molecule has 0 aliphatic rings. The fourth-order valence-electron chi connectivity index (χ4n) is 3.48. The van der Waals surface area contributed by atoms with Crippen molar-refractivity contribution in [2.75, 3.05) is 5.32 Å². The molecule has 5 rings (SSSR count). The molecule has 0 fully saturated rings. The van der Waals surface area contributed by atoms with E-state index in [2.05, 4.69) is 10.3 Å². The first-order valence-electron chi connectivity index (χ1n) is 9.96. The Kier molecular flexibility index (Phi) is 6.47. The summed E-state index contributed by atoms with van der Waals surface area (Å²) in [6, 6.07) is 19.6. The number of carbonyl (C=O) groups excluding carboxylic acids is 1. The zero-order valence-corrected chi connectivity index (χ0v) is 21.0. The number of carbonyl (C=O) groups is 1. The smallest absolute Gasteiger partial charge is 0.258 e. The van der Waals surface area contributed by atoms with Crippen LogP contribution in [0.15, 0.2) is 72.1 Å². The number of halogens is 4. The molecule has 0 spiro atoms. The molecule has 5 aromatic rings. The van der Waals surface area contributed by atoms with Crippen molar-refractivity contribution < 1.29 is 4.79 Å². The van der Waals surface area contributed by atoms with Crippen LogP contribution in [0.4, 0.5) is 5.13 Å². The highest BCUT2D eigenvalue weighted by atomic mass is 35.5. The van der Waals surface area contributed by atoms with E-state index >= 15 is 0 Å². The molecule has 0 unspecified atom stereocenters. The van der Waals surface area contributed by atoms with Gasteiger partial charge in [0.05, 0.1) is 37.5 Å². The Morgan fingerprint density at radius 3 is 2.41 bits per heavy atom. The maximum atomic E-state index is 13.3. The summed E-state index contributed by atoms with van der Waals surface area (Å²) < 4.78 is 0. The molecular weight excluding hydrogens is 532 g/mol. The average Bonchev–Trinajstić information content (AvgIpc) is 3.28. The zero-order valence-electron chi connectivity index (χ0n) is 17.2. The SMILES string of the molecule is O=C(Nc1nc(-c2ccc(Cl)cc2Cl)cs1)c1cc(-c2ccc(Cl)c(Cl)c2)nc2ccccc12. The Hall–Kier alpha value is -2.67. The van der Waals surface area contributed by atoms with Gasteiger partial charge in [-0.1, -0.05) is 70.7 Å². The molecule has 0 aliphatic heterocycles. The van der Waals surface area contributed by atoms with Crippen molar-refractivity contribution in [2.24, 2.45) is 0 Å². The van der Waals surface area contributed by atoms with E-state index in [0.29, 0.717) is 47.7 Å². The Balaban J connectivity index is 1.51. The Morgan fingerprint density at radius 2 is 1.62 bits per heavy atom. The van der Waals surface area contributed by atoms with Gasteiger partial charge in [-0.3, -0.25) is 10.1 Å². The van der Waals surface area contributed by atoms with Gasteiger partial charge in [0.1, 0.15) is 0 Å². The molecule has 1 amide bonds. The van der Waals surface area contributed by atoms with E-state index in [9.17, 15) is 4.79 Å². The molecule has 2 aromatic heterocycles. The van der Waals surface area contributed by atoms with Crippen LogP contribution >= 0.6 is 57.7 Å². The number of hydrogen-bond donors (Lipinski definition) is 1. The van der Waals surface area contributed by atoms with Crippen molar-refractivity contribution in [3.05, 3.63) is 97.8 Å². The van der Waals surface area contributed by atoms with Gasteiger partial charge in [-0.25, -0.2) is 9.97 Å². The molecule has 0 saturated carbocycles. The van der Waals surface area contributed by atoms with Gasteiger partial charge in [0.15, 0.2) is 5.13 Å². The maximum absolute atomic E-state index is 13.3. The minimum Gasteiger partial charge on any atom is -0.298 e. The number of hydrogen-bond acceptors (Lipinski definition) is 4. The summed E-state index contributed by atoms with van der Waals surface area (Å²) in [5.41, 5.74) is 3.90. The molecule has 0 aliphatic carbocycles. The van der Waals surface area contributed by atoms with Gasteiger partial charge in [0.25, 0.3) is 5.91 Å². The first-order valence-corrected chi connectivity index (χ1v) is 12.4. The van der Waals surface area contributed by atoms with Gasteiger partial charge in [0, 0.05) is 26.9 Å². The van der Waals surface area contributed by atoms with E-state index < -0.39 is 0 Å². The van der Waals surface area contributed by atoms with Crippen molar-refractivity contribution in [3.63, 3.8) is 0 Å². The molecule has 0 bridgehead atoms. The third-order valence-corrected chi connectivity index (χ3v) is 7.15. The normalized spacial score (nSPS) is 11.1. The maximum Gasteiger partial charge on any atom is 0.258 e. The lowest BCUT2D eigenvalue weighted by molar-refractivity contribution is 0.102. The predicted molar refractivity (Wildman–Crippen MR) is 143 cm³/mol. The van der Waals surface area contributed by atoms with Crippen molar-refractivity contribution in [3.8, 4) is 22.5 Å². The van der Waals surface area contributed by atoms with E-state index in [-0.39, 0.29) is 5.91 Å². The minimum absolute atomic E-state index is 0.303. The summed E-state index contributed by atoms with van der Waals surface area (Å²) in [7, 11) is 0. The van der Waals surface area contributed by atoms with Crippen LogP contribution < -0.4 is 5.32 Å². The Labute approximate surface area is 219 Å². The number of nitrogens with one attached hydrogen (secondary N) is 1. The highest BCUT2D eigenvalue weighted by Gasteiger charge is 2.17. The predicted octanol–water partition coefficient (Wildman–Crippen LogP) is 8.89. The van der Waals surface area contributed by atoms with Crippen LogP contribution in [-0.4, -0.2) is 15.9 Å². The van der Waals surface area contributed by atoms with E-state index in [1.807, 2.05) is 35.7 Å². The van der Waals surface area contributed by atoms with E-state index in [4.69, 9.17) is 51.4 Å². The summed E-state index contributed by atoms with van der Waals surface area (Å²) in [5, 5.41) is 7.79. The molecule has 3 aromatic carbocycles. The van der Waals surface area contributed by atoms with Crippen LogP contribution in [0.3, 0.4) is 0 Å². The first-order chi connectivity index (χ1) is 16.4. The highest BCUT2D eigenvalue weighted by Crippen LogP contribution is 2.33. The van der Waals surface area contributed by atoms with Crippen LogP contribution in [0, 0.1) is 0 Å². The second-order valence-electron chi connectivity index (χ2n) is 7.32. The number of para-hydroxylation sites is 1. The largest absolute Gasteiger partial charge is 0.298 e. The highest BCUT2D eigenvalue weighted by molar-refractivity contribution is 7.14. The second kappa shape index (κ2) is 9.53. The zero-order chi connectivity index (χ0) is 23.8. The average molecular weight is 545 g/mol. The van der Waals surface area contributed by atoms with E-state index in [1.54, 1.807) is 36.4 Å². The molecule has 34 heavy (non-hydrogen) atoms. The van der Waals surface area contributed by atoms with Gasteiger partial charge in [0.2, 0.25) is 0 Å². The van der Waals surface area contributed by atoms with Gasteiger partial charge in [-0.15, -0.1) is 11.3 Å². The van der Waals surface area contributed by atoms with Crippen LogP contribution in [0.1, 0.15) is 10.4 Å². The number of thiazole rings is 1. The number of aromatic nitrogens is 2. The summed E-state index contributed by atoms with van der Waals surface area (Å²) in [4.78, 5) is 22.6. The lowest BCUT2D eigenvalue weighted by Crippen LogP contribution is -2.13. The number of nitrogens with zero attached hydrogens (tertiary/aromatic N) is 2. The van der Waals surface area contributed by atoms with Gasteiger partial charge >= 0.3 is 0 Å². The third kappa shape index (κ3) is 4.63. The number of pyridine rings is 1. The van der Waals surface area contributed by atoms with Crippen LogP contribution in [0.5, 0.6) is 0 Å². The molecule has 2 heterocycles. The lowest BCUT2D eigenvalue weighted by atomic mass is 10.0. The van der Waals surface area contributed by atoms with Gasteiger partial charge < -0.3 is 0 Å². The monoisotopic (exact) mass is 543 g/mol. The van der Waals surface area contributed by atoms with Crippen LogP contribution in [0.25, 0.3) is 33.4 Å². The summed E-state index contributed by atoms with van der Waals surface area (Å²) in [6.07, 6.45) is 0. The van der Waals surface area contributed by atoms with Gasteiger partial charge in [-0.2, -0.15) is 0 Å². The van der Waals surface area contributed by atoms with Crippen molar-refractivity contribution >= 4 is 79.7 Å². The standard InChI is InChI=1S/C25H13Cl4N3OS/c26-14-6-7-16(19(28)10-14)23-12-34-25(31-23)32-24(33)17-11-22(13-5-8-18(27)20(29)9-13)30-21-4-2-1-3-15(17)21/h1-12H,(H,31,32,33). The second-order valence-corrected chi connectivity index (χ2v) is 9.83. The number of fused-ring (bicyclic) bond motifs is 1. The van der Waals surface area contributed by atoms with Crippen molar-refractivity contribution in [1.29, 1.82) is 0 Å². The quantitative estimate of drug-likeness (QED) is 0.246. The van der Waals surface area contributed by atoms with Crippen molar-refractivity contribution in [1.82, 2.24) is 9.97 Å². The fourth-order valence-corrected chi connectivity index (χ4v) is 4.99. The fraction of sp³-hybridized carbons (Fsp3) is 0. The number of rotatable bonds is 4. The minimum atomic E-state index is -0.303. The molecular formula is C25H13Cl4N3OS. The number of anilines is 1. The molecule has 168 valence electrons. The summed E-state index contributed by atoms with van der Waals surface area (Å²) in [6.45, 7) is 0. The van der Waals surface area contributed by atoms with Gasteiger partial charge in [-0.05, 0) is 42.5 Å². The summed E-state index contributed by atoms with van der Waals surface area (Å²) in [5.74, 6) is -0.303. The number of benzene rings is 3. The van der Waals surface area contributed by atoms with E-state index in [0.717, 1.165) is 16.5 Å². The molecule has 9 heteroatoms. The Bertz CT molecular complexity index is 1570. The molecule has 4 nitrogen and oxygen atoms in total. The lowest BCUT2D eigenvalue weighted by Gasteiger charge is -2.10.